The molecule has 0 aliphatic heterocycles. The maximum Gasteiger partial charge on any atom is 0.232 e. The molecule has 0 aliphatic rings. The Labute approximate surface area is 126 Å². The van der Waals surface area contributed by atoms with Crippen LogP contribution in [0.25, 0.3) is 0 Å². The zero-order valence-electron chi connectivity index (χ0n) is 11.3. The molecule has 0 saturated carbocycles. The number of pyridine rings is 1. The number of halogens is 1. The molecular formula is C15H15BrN2O2. The van der Waals surface area contributed by atoms with Crippen molar-refractivity contribution in [3.8, 4) is 5.75 Å². The van der Waals surface area contributed by atoms with Crippen molar-refractivity contribution in [2.45, 2.75) is 6.42 Å². The molecular weight excluding hydrogens is 320 g/mol. The number of methoxy groups -OCH3 is 1. The number of anilines is 1. The van der Waals surface area contributed by atoms with Gasteiger partial charge in [0.1, 0.15) is 11.6 Å². The van der Waals surface area contributed by atoms with Crippen molar-refractivity contribution in [3.63, 3.8) is 0 Å². The number of benzene rings is 1. The van der Waals surface area contributed by atoms with Crippen LogP contribution in [0.5, 0.6) is 5.75 Å². The van der Waals surface area contributed by atoms with Crippen molar-refractivity contribution in [2.75, 3.05) is 19.1 Å². The summed E-state index contributed by atoms with van der Waals surface area (Å²) >= 11 is 3.37. The number of para-hydroxylation sites is 1. The van der Waals surface area contributed by atoms with Gasteiger partial charge in [0, 0.05) is 23.3 Å². The summed E-state index contributed by atoms with van der Waals surface area (Å²) in [6.45, 7) is 0. The number of hydrogen-bond donors (Lipinski definition) is 0. The predicted molar refractivity (Wildman–Crippen MR) is 82.0 cm³/mol. The van der Waals surface area contributed by atoms with Crippen LogP contribution in [-0.2, 0) is 11.2 Å². The number of nitrogens with zero attached hydrogens (tertiary/aromatic N) is 2. The second-order valence-electron chi connectivity index (χ2n) is 4.27. The van der Waals surface area contributed by atoms with Crippen molar-refractivity contribution in [2.24, 2.45) is 0 Å². The molecule has 1 heterocycles. The molecule has 1 aromatic heterocycles. The topological polar surface area (TPSA) is 42.4 Å². The Hall–Kier alpha value is -1.88. The van der Waals surface area contributed by atoms with Crippen molar-refractivity contribution in [1.82, 2.24) is 4.98 Å². The molecule has 1 amide bonds. The molecule has 0 N–H and O–H groups in total. The molecule has 0 spiro atoms. The van der Waals surface area contributed by atoms with E-state index in [4.69, 9.17) is 4.74 Å². The predicted octanol–water partition coefficient (Wildman–Crippen LogP) is 3.06. The van der Waals surface area contributed by atoms with Gasteiger partial charge in [-0.2, -0.15) is 0 Å². The van der Waals surface area contributed by atoms with E-state index in [9.17, 15) is 4.79 Å². The van der Waals surface area contributed by atoms with Gasteiger partial charge in [-0.15, -0.1) is 0 Å². The van der Waals surface area contributed by atoms with Crippen LogP contribution >= 0.6 is 15.9 Å². The summed E-state index contributed by atoms with van der Waals surface area (Å²) in [5, 5.41) is 0. The van der Waals surface area contributed by atoms with Gasteiger partial charge in [0.25, 0.3) is 0 Å². The third-order valence-electron chi connectivity index (χ3n) is 2.96. The average molecular weight is 335 g/mol. The standard InChI is InChI=1S/C15H15BrN2O2/c1-18(14-10-12(16)7-8-17-14)15(19)9-11-5-3-4-6-13(11)20-2/h3-8,10H,9H2,1-2H3. The van der Waals surface area contributed by atoms with Crippen LogP contribution in [0.1, 0.15) is 5.56 Å². The molecule has 0 bridgehead atoms. The Balaban J connectivity index is 2.15. The molecule has 2 rings (SSSR count). The van der Waals surface area contributed by atoms with Gasteiger partial charge in [0.05, 0.1) is 13.5 Å². The molecule has 5 heteroatoms. The maximum absolute atomic E-state index is 12.3. The second-order valence-corrected chi connectivity index (χ2v) is 5.19. The van der Waals surface area contributed by atoms with Crippen molar-refractivity contribution in [3.05, 3.63) is 52.6 Å². The number of carbonyl (C=O) groups excluding carboxylic acids is 1. The third-order valence-corrected chi connectivity index (χ3v) is 3.45. The van der Waals surface area contributed by atoms with E-state index in [1.54, 1.807) is 26.4 Å². The van der Waals surface area contributed by atoms with E-state index in [-0.39, 0.29) is 12.3 Å². The van der Waals surface area contributed by atoms with E-state index in [2.05, 4.69) is 20.9 Å². The smallest absolute Gasteiger partial charge is 0.232 e. The SMILES string of the molecule is COc1ccccc1CC(=O)N(C)c1cc(Br)ccn1. The number of likely N-dealkylation sites (N-methyl/N-ethyl adjacent to an activating group) is 1. The fourth-order valence-corrected chi connectivity index (χ4v) is 2.16. The van der Waals surface area contributed by atoms with Crippen LogP contribution in [0.3, 0.4) is 0 Å². The first kappa shape index (κ1) is 14.5. The highest BCUT2D eigenvalue weighted by atomic mass is 79.9. The monoisotopic (exact) mass is 334 g/mol. The zero-order chi connectivity index (χ0) is 14.5. The Morgan fingerprint density at radius 3 is 2.80 bits per heavy atom. The average Bonchev–Trinajstić information content (AvgIpc) is 2.47. The summed E-state index contributed by atoms with van der Waals surface area (Å²) in [7, 11) is 3.31. The van der Waals surface area contributed by atoms with Crippen LogP contribution in [-0.4, -0.2) is 25.0 Å². The minimum Gasteiger partial charge on any atom is -0.496 e. The van der Waals surface area contributed by atoms with Crippen molar-refractivity contribution in [1.29, 1.82) is 0 Å². The van der Waals surface area contributed by atoms with Gasteiger partial charge >= 0.3 is 0 Å². The Kier molecular flexibility index (Phi) is 4.74. The lowest BCUT2D eigenvalue weighted by atomic mass is 10.1. The number of aromatic nitrogens is 1. The first-order chi connectivity index (χ1) is 9.61. The summed E-state index contributed by atoms with van der Waals surface area (Å²) in [6, 6.07) is 11.1. The van der Waals surface area contributed by atoms with Crippen LogP contribution in [0.4, 0.5) is 5.82 Å². The lowest BCUT2D eigenvalue weighted by Crippen LogP contribution is -2.28. The van der Waals surface area contributed by atoms with Gasteiger partial charge in [-0.05, 0) is 18.2 Å². The highest BCUT2D eigenvalue weighted by Gasteiger charge is 2.15. The molecule has 0 fully saturated rings. The molecule has 104 valence electrons. The summed E-state index contributed by atoms with van der Waals surface area (Å²) in [5.74, 6) is 1.29. The van der Waals surface area contributed by atoms with Crippen LogP contribution < -0.4 is 9.64 Å². The fraction of sp³-hybridized carbons (Fsp3) is 0.200. The molecule has 2 aromatic rings. The highest BCUT2D eigenvalue weighted by molar-refractivity contribution is 9.10. The van der Waals surface area contributed by atoms with E-state index in [1.807, 2.05) is 30.3 Å². The van der Waals surface area contributed by atoms with Gasteiger partial charge in [0.15, 0.2) is 0 Å². The summed E-state index contributed by atoms with van der Waals surface area (Å²) in [6.07, 6.45) is 1.93. The van der Waals surface area contributed by atoms with Crippen molar-refractivity contribution < 1.29 is 9.53 Å². The Morgan fingerprint density at radius 1 is 1.35 bits per heavy atom. The van der Waals surface area contributed by atoms with Gasteiger partial charge in [-0.1, -0.05) is 34.1 Å². The van der Waals surface area contributed by atoms with Gasteiger partial charge in [-0.3, -0.25) is 9.69 Å². The number of carbonyl (C=O) groups is 1. The number of rotatable bonds is 4. The molecule has 0 atom stereocenters. The molecule has 0 saturated heterocycles. The Bertz CT molecular complexity index is 616. The zero-order valence-corrected chi connectivity index (χ0v) is 12.9. The Morgan fingerprint density at radius 2 is 2.10 bits per heavy atom. The molecule has 0 radical (unpaired) electrons. The van der Waals surface area contributed by atoms with Gasteiger partial charge < -0.3 is 4.74 Å². The minimum atomic E-state index is -0.0416. The molecule has 0 aliphatic carbocycles. The number of hydrogen-bond acceptors (Lipinski definition) is 3. The van der Waals surface area contributed by atoms with E-state index in [1.165, 1.54) is 4.90 Å². The van der Waals surface area contributed by atoms with E-state index in [0.29, 0.717) is 5.82 Å². The number of ether oxygens (including phenoxy) is 1. The highest BCUT2D eigenvalue weighted by Crippen LogP contribution is 2.20. The van der Waals surface area contributed by atoms with E-state index < -0.39 is 0 Å². The quantitative estimate of drug-likeness (QED) is 0.862. The van der Waals surface area contributed by atoms with Crippen LogP contribution in [0.15, 0.2) is 47.1 Å². The minimum absolute atomic E-state index is 0.0416. The molecule has 20 heavy (non-hydrogen) atoms. The molecule has 4 nitrogen and oxygen atoms in total. The van der Waals surface area contributed by atoms with E-state index >= 15 is 0 Å². The lowest BCUT2D eigenvalue weighted by molar-refractivity contribution is -0.117. The van der Waals surface area contributed by atoms with E-state index in [0.717, 1.165) is 15.8 Å². The van der Waals surface area contributed by atoms with Gasteiger partial charge in [-0.25, -0.2) is 4.98 Å². The normalized spacial score (nSPS) is 10.2. The first-order valence-electron chi connectivity index (χ1n) is 6.12. The largest absolute Gasteiger partial charge is 0.496 e. The first-order valence-corrected chi connectivity index (χ1v) is 6.91. The van der Waals surface area contributed by atoms with Gasteiger partial charge in [0.2, 0.25) is 5.91 Å². The summed E-state index contributed by atoms with van der Waals surface area (Å²) in [5.41, 5.74) is 0.863. The van der Waals surface area contributed by atoms with Crippen LogP contribution in [0, 0.1) is 0 Å². The maximum atomic E-state index is 12.3. The second kappa shape index (κ2) is 6.52. The van der Waals surface area contributed by atoms with Crippen molar-refractivity contribution >= 4 is 27.7 Å². The molecule has 0 unspecified atom stereocenters. The molecule has 1 aromatic carbocycles. The number of amides is 1. The summed E-state index contributed by atoms with van der Waals surface area (Å²) < 4.78 is 6.15. The summed E-state index contributed by atoms with van der Waals surface area (Å²) in [4.78, 5) is 18.0. The lowest BCUT2D eigenvalue weighted by Gasteiger charge is -2.17. The fourth-order valence-electron chi connectivity index (χ4n) is 1.84. The van der Waals surface area contributed by atoms with Crippen LogP contribution in [0.2, 0.25) is 0 Å². The third kappa shape index (κ3) is 3.36.